The summed E-state index contributed by atoms with van der Waals surface area (Å²) in [7, 11) is 0. The molecule has 1 aromatic carbocycles. The molecular weight excluding hydrogens is 232 g/mol. The molecule has 0 aromatic heterocycles. The third-order valence-electron chi connectivity index (χ3n) is 3.55. The molecule has 0 saturated carbocycles. The van der Waals surface area contributed by atoms with Crippen molar-refractivity contribution >= 4 is 5.69 Å². The van der Waals surface area contributed by atoms with Crippen LogP contribution in [0.4, 0.5) is 5.69 Å². The zero-order valence-corrected chi connectivity index (χ0v) is 12.8. The van der Waals surface area contributed by atoms with E-state index in [1.807, 2.05) is 6.07 Å². The summed E-state index contributed by atoms with van der Waals surface area (Å²) < 4.78 is 0. The smallest absolute Gasteiger partial charge is 0.0343 e. The van der Waals surface area contributed by atoms with E-state index < -0.39 is 0 Å². The first-order valence-corrected chi connectivity index (χ1v) is 7.65. The van der Waals surface area contributed by atoms with Crippen molar-refractivity contribution in [1.29, 1.82) is 0 Å². The van der Waals surface area contributed by atoms with Gasteiger partial charge in [0.25, 0.3) is 0 Å². The minimum atomic E-state index is 0.854. The number of hydrogen-bond donors (Lipinski definition) is 2. The standard InChI is InChI=1S/C17H30N2/c1-14(2)8-6-4-5-7-11-19-13-16-9-10-17(18)15(3)12-16/h9-10,12,14,19H,4-8,11,13,18H2,1-3H3. The SMILES string of the molecule is Cc1cc(CNCCCCCCC(C)C)ccc1N. The first-order valence-electron chi connectivity index (χ1n) is 7.65. The molecule has 3 N–H and O–H groups in total. The number of anilines is 1. The van der Waals surface area contributed by atoms with Crippen LogP contribution >= 0.6 is 0 Å². The van der Waals surface area contributed by atoms with Crippen molar-refractivity contribution in [3.05, 3.63) is 29.3 Å². The number of hydrogen-bond acceptors (Lipinski definition) is 2. The van der Waals surface area contributed by atoms with Gasteiger partial charge in [-0.2, -0.15) is 0 Å². The molecule has 0 heterocycles. The Hall–Kier alpha value is -1.02. The van der Waals surface area contributed by atoms with Crippen molar-refractivity contribution in [2.45, 2.75) is 59.4 Å². The van der Waals surface area contributed by atoms with Crippen LogP contribution < -0.4 is 11.1 Å². The second kappa shape index (κ2) is 8.98. The van der Waals surface area contributed by atoms with Gasteiger partial charge in [-0.15, -0.1) is 0 Å². The highest BCUT2D eigenvalue weighted by Crippen LogP contribution is 2.12. The summed E-state index contributed by atoms with van der Waals surface area (Å²) in [5, 5.41) is 3.51. The van der Waals surface area contributed by atoms with Crippen molar-refractivity contribution in [3.63, 3.8) is 0 Å². The Labute approximate surface area is 118 Å². The van der Waals surface area contributed by atoms with Gasteiger partial charge in [-0.05, 0) is 43.0 Å². The van der Waals surface area contributed by atoms with Crippen molar-refractivity contribution in [2.75, 3.05) is 12.3 Å². The second-order valence-electron chi connectivity index (χ2n) is 5.96. The number of rotatable bonds is 9. The minimum Gasteiger partial charge on any atom is -0.399 e. The molecule has 0 spiro atoms. The summed E-state index contributed by atoms with van der Waals surface area (Å²) in [6, 6.07) is 6.28. The van der Waals surface area contributed by atoms with E-state index in [2.05, 4.69) is 38.2 Å². The predicted molar refractivity (Wildman–Crippen MR) is 85.2 cm³/mol. The Morgan fingerprint density at radius 3 is 2.53 bits per heavy atom. The van der Waals surface area contributed by atoms with Crippen LogP contribution in [0.25, 0.3) is 0 Å². The number of nitrogens with one attached hydrogen (secondary N) is 1. The van der Waals surface area contributed by atoms with Crippen LogP contribution in [0, 0.1) is 12.8 Å². The van der Waals surface area contributed by atoms with E-state index >= 15 is 0 Å². The van der Waals surface area contributed by atoms with Gasteiger partial charge in [0.2, 0.25) is 0 Å². The maximum atomic E-state index is 5.81. The number of benzene rings is 1. The van der Waals surface area contributed by atoms with Gasteiger partial charge in [0.1, 0.15) is 0 Å². The van der Waals surface area contributed by atoms with E-state index in [1.54, 1.807) is 0 Å². The molecule has 0 atom stereocenters. The molecule has 0 amide bonds. The molecule has 2 nitrogen and oxygen atoms in total. The number of nitrogen functional groups attached to an aromatic ring is 1. The summed E-state index contributed by atoms with van der Waals surface area (Å²) in [4.78, 5) is 0. The van der Waals surface area contributed by atoms with Crippen LogP contribution in [0.3, 0.4) is 0 Å². The Morgan fingerprint density at radius 1 is 1.11 bits per heavy atom. The van der Waals surface area contributed by atoms with Gasteiger partial charge in [0, 0.05) is 12.2 Å². The molecule has 108 valence electrons. The normalized spacial score (nSPS) is 11.2. The molecule has 0 aliphatic rings. The van der Waals surface area contributed by atoms with E-state index in [0.717, 1.165) is 24.7 Å². The van der Waals surface area contributed by atoms with Crippen molar-refractivity contribution in [1.82, 2.24) is 5.32 Å². The zero-order valence-electron chi connectivity index (χ0n) is 12.8. The minimum absolute atomic E-state index is 0.854. The average molecular weight is 262 g/mol. The zero-order chi connectivity index (χ0) is 14.1. The maximum absolute atomic E-state index is 5.81. The van der Waals surface area contributed by atoms with Crippen molar-refractivity contribution in [2.24, 2.45) is 5.92 Å². The highest BCUT2D eigenvalue weighted by molar-refractivity contribution is 5.47. The van der Waals surface area contributed by atoms with E-state index in [-0.39, 0.29) is 0 Å². The number of aryl methyl sites for hydroxylation is 1. The van der Waals surface area contributed by atoms with Crippen molar-refractivity contribution in [3.8, 4) is 0 Å². The maximum Gasteiger partial charge on any atom is 0.0343 e. The fourth-order valence-corrected chi connectivity index (χ4v) is 2.24. The fraction of sp³-hybridized carbons (Fsp3) is 0.647. The van der Waals surface area contributed by atoms with Gasteiger partial charge in [-0.25, -0.2) is 0 Å². The lowest BCUT2D eigenvalue weighted by Crippen LogP contribution is -2.14. The first-order chi connectivity index (χ1) is 9.09. The van der Waals surface area contributed by atoms with Crippen LogP contribution in [-0.4, -0.2) is 6.54 Å². The van der Waals surface area contributed by atoms with E-state index in [1.165, 1.54) is 43.2 Å². The summed E-state index contributed by atoms with van der Waals surface area (Å²) in [6.45, 7) is 8.73. The van der Waals surface area contributed by atoms with Crippen LogP contribution in [0.2, 0.25) is 0 Å². The highest BCUT2D eigenvalue weighted by Gasteiger charge is 1.97. The molecule has 0 bridgehead atoms. The Balaban J connectivity index is 2.03. The first kappa shape index (κ1) is 16.0. The van der Waals surface area contributed by atoms with Gasteiger partial charge in [0.15, 0.2) is 0 Å². The molecule has 1 rings (SSSR count). The summed E-state index contributed by atoms with van der Waals surface area (Å²) >= 11 is 0. The van der Waals surface area contributed by atoms with E-state index in [9.17, 15) is 0 Å². The lowest BCUT2D eigenvalue weighted by molar-refractivity contribution is 0.512. The molecule has 0 aliphatic carbocycles. The quantitative estimate of drug-likeness (QED) is 0.515. The van der Waals surface area contributed by atoms with Gasteiger partial charge in [-0.1, -0.05) is 51.7 Å². The van der Waals surface area contributed by atoms with E-state index in [4.69, 9.17) is 5.73 Å². The fourth-order valence-electron chi connectivity index (χ4n) is 2.24. The van der Waals surface area contributed by atoms with Crippen LogP contribution in [-0.2, 0) is 6.54 Å². The molecule has 0 fully saturated rings. The Kier molecular flexibility index (Phi) is 7.57. The third-order valence-corrected chi connectivity index (χ3v) is 3.55. The largest absolute Gasteiger partial charge is 0.399 e. The lowest BCUT2D eigenvalue weighted by atomic mass is 10.0. The molecule has 1 aromatic rings. The molecule has 0 unspecified atom stereocenters. The van der Waals surface area contributed by atoms with E-state index in [0.29, 0.717) is 0 Å². The summed E-state index contributed by atoms with van der Waals surface area (Å²) in [6.07, 6.45) is 6.76. The lowest BCUT2D eigenvalue weighted by Gasteiger charge is -2.07. The topological polar surface area (TPSA) is 38.0 Å². The van der Waals surface area contributed by atoms with Crippen molar-refractivity contribution < 1.29 is 0 Å². The van der Waals surface area contributed by atoms with Gasteiger partial charge in [0.05, 0.1) is 0 Å². The average Bonchev–Trinajstić information content (AvgIpc) is 2.36. The second-order valence-corrected chi connectivity index (χ2v) is 5.96. The Morgan fingerprint density at radius 2 is 1.84 bits per heavy atom. The number of nitrogens with two attached hydrogens (primary N) is 1. The van der Waals surface area contributed by atoms with Crippen LogP contribution in [0.15, 0.2) is 18.2 Å². The summed E-state index contributed by atoms with van der Waals surface area (Å²) in [5.74, 6) is 0.854. The molecular formula is C17H30N2. The molecule has 0 radical (unpaired) electrons. The van der Waals surface area contributed by atoms with Crippen LogP contribution in [0.1, 0.15) is 57.1 Å². The molecule has 0 saturated heterocycles. The van der Waals surface area contributed by atoms with Gasteiger partial charge in [-0.3, -0.25) is 0 Å². The predicted octanol–water partition coefficient (Wildman–Crippen LogP) is 4.27. The van der Waals surface area contributed by atoms with Gasteiger partial charge < -0.3 is 11.1 Å². The van der Waals surface area contributed by atoms with Crippen LogP contribution in [0.5, 0.6) is 0 Å². The monoisotopic (exact) mass is 262 g/mol. The molecule has 19 heavy (non-hydrogen) atoms. The Bertz CT molecular complexity index is 358. The molecule has 2 heteroatoms. The third kappa shape index (κ3) is 7.22. The van der Waals surface area contributed by atoms with Gasteiger partial charge >= 0.3 is 0 Å². The summed E-state index contributed by atoms with van der Waals surface area (Å²) in [5.41, 5.74) is 9.20. The number of unbranched alkanes of at least 4 members (excludes halogenated alkanes) is 3. The molecule has 0 aliphatic heterocycles. The highest BCUT2D eigenvalue weighted by atomic mass is 14.8.